The van der Waals surface area contributed by atoms with E-state index in [-0.39, 0.29) is 94.6 Å². The summed E-state index contributed by atoms with van der Waals surface area (Å²) < 4.78 is 18.1. The number of carbonyl (C=O) groups excluding carboxylic acids is 5. The van der Waals surface area contributed by atoms with E-state index in [9.17, 15) is 29.2 Å². The summed E-state index contributed by atoms with van der Waals surface area (Å²) >= 11 is 0. The molecule has 5 rings (SSSR count). The van der Waals surface area contributed by atoms with Crippen molar-refractivity contribution >= 4 is 29.2 Å². The number of nitrogens with zero attached hydrogens (tertiary/aromatic N) is 4. The minimum Gasteiger partial charge on any atom is -0.492 e. The molecule has 0 saturated carbocycles. The maximum absolute atomic E-state index is 14.7. The van der Waals surface area contributed by atoms with Gasteiger partial charge in [-0.05, 0) is 87.7 Å². The number of nitriles is 1. The first-order valence-electron chi connectivity index (χ1n) is 22.0. The highest BCUT2D eigenvalue weighted by Gasteiger charge is 2.36. The molecule has 1 aromatic heterocycles. The molecule has 344 valence electrons. The zero-order valence-corrected chi connectivity index (χ0v) is 37.8. The van der Waals surface area contributed by atoms with E-state index < -0.39 is 41.5 Å². The van der Waals surface area contributed by atoms with Gasteiger partial charge in [0.25, 0.3) is 0 Å². The number of fused-ring (bicyclic) bond motifs is 5. The first kappa shape index (κ1) is 49.5. The van der Waals surface area contributed by atoms with E-state index in [1.54, 1.807) is 44.2 Å². The molecule has 0 fully saturated rings. The van der Waals surface area contributed by atoms with Crippen LogP contribution >= 0.6 is 0 Å². The van der Waals surface area contributed by atoms with Crippen LogP contribution in [0.4, 0.5) is 0 Å². The highest BCUT2D eigenvalue weighted by atomic mass is 16.5. The van der Waals surface area contributed by atoms with Gasteiger partial charge in [-0.1, -0.05) is 31.2 Å². The first-order chi connectivity index (χ1) is 31.2. The Labute approximate surface area is 380 Å². The molecular formula is C49H60N8O8. The van der Waals surface area contributed by atoms with Gasteiger partial charge in [0.05, 0.1) is 29.5 Å². The molecule has 3 aromatic carbocycles. The molecule has 0 aliphatic carbocycles. The Kier molecular flexibility index (Phi) is 17.8. The lowest BCUT2D eigenvalue weighted by molar-refractivity contribution is -0.142. The number of ether oxygens (including phenoxy) is 3. The van der Waals surface area contributed by atoms with Crippen LogP contribution in [0.2, 0.25) is 0 Å². The van der Waals surface area contributed by atoms with E-state index in [0.29, 0.717) is 56.6 Å². The average Bonchev–Trinajstić information content (AvgIpc) is 3.28. The molecule has 1 aliphatic rings. The lowest BCUT2D eigenvalue weighted by atomic mass is 9.88. The number of rotatable bonds is 19. The summed E-state index contributed by atoms with van der Waals surface area (Å²) in [6, 6.07) is 17.5. The number of amides is 2. The largest absolute Gasteiger partial charge is 0.492 e. The normalized spacial score (nSPS) is 16.7. The molecule has 0 radical (unpaired) electrons. The van der Waals surface area contributed by atoms with E-state index in [0.717, 1.165) is 0 Å². The van der Waals surface area contributed by atoms with E-state index in [1.165, 1.54) is 18.1 Å². The topological polar surface area (TPSA) is 256 Å². The number of likely N-dealkylation sites (N-methyl/N-ethyl adjacent to an activating group) is 1. The van der Waals surface area contributed by atoms with Crippen LogP contribution in [0.15, 0.2) is 66.9 Å². The molecule has 2 heterocycles. The Morgan fingerprint density at radius 3 is 2.28 bits per heavy atom. The number of benzene rings is 3. The molecule has 16 heteroatoms. The van der Waals surface area contributed by atoms with E-state index in [2.05, 4.69) is 15.3 Å². The zero-order chi connectivity index (χ0) is 47.2. The van der Waals surface area contributed by atoms with Crippen LogP contribution in [-0.4, -0.2) is 96.1 Å². The van der Waals surface area contributed by atoms with Crippen LogP contribution in [-0.2, 0) is 25.6 Å². The standard InChI is InChI=1S/C49H60N8O8/c1-29(2)65-36-9-6-8-34(25-36)47-54-28-39(31(4)55-47)42(59)27-35(15-17-51)49(62)57(5)46-33-12-14-45(64-21-19-53)38(26-33)37-23-32(11-13-44(37)63-20-18-52)24-40(41(58)10-7-16-50)56-48(61)30(3)22-43(46)60/h6,8-9,11-14,23,25-26,28-30,35,40,46H,7,10,15,17-22,24,27,51-53H2,1-5H3,(H,56,61)/t30-,35-,40+,46+/m1/s1. The number of hydrogen-bond acceptors (Lipinski definition) is 14. The number of ketones is 3. The van der Waals surface area contributed by atoms with Gasteiger partial charge in [0.2, 0.25) is 11.8 Å². The highest BCUT2D eigenvalue weighted by molar-refractivity contribution is 6.00. The van der Waals surface area contributed by atoms with Crippen molar-refractivity contribution in [1.82, 2.24) is 20.2 Å². The summed E-state index contributed by atoms with van der Waals surface area (Å²) in [7, 11) is 1.49. The smallest absolute Gasteiger partial charge is 0.226 e. The zero-order valence-electron chi connectivity index (χ0n) is 37.8. The molecule has 2 amide bonds. The molecule has 4 bridgehead atoms. The van der Waals surface area contributed by atoms with Crippen LogP contribution in [0.3, 0.4) is 0 Å². The van der Waals surface area contributed by atoms with E-state index in [4.69, 9.17) is 31.4 Å². The molecule has 16 nitrogen and oxygen atoms in total. The second kappa shape index (κ2) is 23.4. The van der Waals surface area contributed by atoms with E-state index >= 15 is 0 Å². The van der Waals surface area contributed by atoms with Gasteiger partial charge in [0.1, 0.15) is 36.5 Å². The van der Waals surface area contributed by atoms with Crippen molar-refractivity contribution in [3.63, 3.8) is 0 Å². The van der Waals surface area contributed by atoms with Crippen molar-refractivity contribution in [2.75, 3.05) is 39.9 Å². The van der Waals surface area contributed by atoms with Crippen molar-refractivity contribution in [3.05, 3.63) is 89.2 Å². The van der Waals surface area contributed by atoms with Gasteiger partial charge in [0.15, 0.2) is 23.2 Å². The van der Waals surface area contributed by atoms with Crippen molar-refractivity contribution in [2.45, 2.75) is 84.4 Å². The molecule has 4 atom stereocenters. The monoisotopic (exact) mass is 888 g/mol. The van der Waals surface area contributed by atoms with Crippen molar-refractivity contribution in [2.24, 2.45) is 29.0 Å². The van der Waals surface area contributed by atoms with E-state index in [1.807, 2.05) is 50.2 Å². The van der Waals surface area contributed by atoms with Gasteiger partial charge in [-0.25, -0.2) is 9.97 Å². The Morgan fingerprint density at radius 2 is 1.63 bits per heavy atom. The van der Waals surface area contributed by atoms with Gasteiger partial charge in [-0.2, -0.15) is 5.26 Å². The quantitative estimate of drug-likeness (QED) is 0.0921. The minimum absolute atomic E-state index is 0.0291. The molecule has 4 aromatic rings. The second-order valence-corrected chi connectivity index (χ2v) is 16.5. The Hall–Kier alpha value is -6.54. The number of nitrogens with one attached hydrogen (secondary N) is 1. The van der Waals surface area contributed by atoms with Crippen molar-refractivity contribution in [1.29, 1.82) is 5.26 Å². The fraction of sp³-hybridized carbons (Fsp3) is 0.429. The van der Waals surface area contributed by atoms with Crippen molar-refractivity contribution in [3.8, 4) is 45.8 Å². The minimum atomic E-state index is -1.25. The summed E-state index contributed by atoms with van der Waals surface area (Å²) in [4.78, 5) is 81.2. The number of nitrogens with two attached hydrogens (primary N) is 3. The van der Waals surface area contributed by atoms with Crippen LogP contribution in [0.1, 0.15) is 86.1 Å². The molecule has 7 N–H and O–H groups in total. The summed E-state index contributed by atoms with van der Waals surface area (Å²) in [6.45, 7) is 7.97. The lowest BCUT2D eigenvalue weighted by Gasteiger charge is -2.32. The summed E-state index contributed by atoms with van der Waals surface area (Å²) in [5, 5.41) is 12.1. The SMILES string of the molecule is Cc1nc(-c2cccc(OC(C)C)c2)ncc1C(=O)C[C@@H](CCN)C(=O)N(C)[C@@H]1C(=O)C[C@@H](C)C(=O)N[C@H](C(=O)CCC#N)Cc2ccc(OCCN)c(c2)-c2cc1ccc2OCCN. The van der Waals surface area contributed by atoms with Crippen LogP contribution in [0.5, 0.6) is 17.2 Å². The number of hydrogen-bond donors (Lipinski definition) is 4. The Balaban J connectivity index is 1.56. The van der Waals surface area contributed by atoms with Crippen LogP contribution in [0, 0.1) is 30.1 Å². The molecule has 0 saturated heterocycles. The molecule has 0 unspecified atom stereocenters. The van der Waals surface area contributed by atoms with Gasteiger partial charge in [0, 0.05) is 80.5 Å². The highest BCUT2D eigenvalue weighted by Crippen LogP contribution is 2.41. The lowest BCUT2D eigenvalue weighted by Crippen LogP contribution is -2.46. The molecule has 0 spiro atoms. The Morgan fingerprint density at radius 1 is 0.938 bits per heavy atom. The average molecular weight is 889 g/mol. The predicted molar refractivity (Wildman–Crippen MR) is 245 cm³/mol. The molecule has 65 heavy (non-hydrogen) atoms. The maximum Gasteiger partial charge on any atom is 0.226 e. The Bertz CT molecular complexity index is 2400. The third kappa shape index (κ3) is 12.8. The van der Waals surface area contributed by atoms with Crippen molar-refractivity contribution < 1.29 is 38.2 Å². The molecule has 1 aliphatic heterocycles. The van der Waals surface area contributed by atoms with Crippen LogP contribution in [0.25, 0.3) is 22.5 Å². The fourth-order valence-corrected chi connectivity index (χ4v) is 7.84. The summed E-state index contributed by atoms with van der Waals surface area (Å²) in [5.41, 5.74) is 21.3. The maximum atomic E-state index is 14.7. The second-order valence-electron chi connectivity index (χ2n) is 16.5. The van der Waals surface area contributed by atoms with Gasteiger partial charge < -0.3 is 41.6 Å². The predicted octanol–water partition coefficient (Wildman–Crippen LogP) is 4.83. The number of aromatic nitrogens is 2. The first-order valence-corrected chi connectivity index (χ1v) is 22.0. The summed E-state index contributed by atoms with van der Waals surface area (Å²) in [5.74, 6) is -2.19. The number of Topliss-reactive ketones (excluding diaryl/α,β-unsaturated/α-hetero) is 3. The molecular weight excluding hydrogens is 829 g/mol. The van der Waals surface area contributed by atoms with Crippen LogP contribution < -0.4 is 36.7 Å². The fourth-order valence-electron chi connectivity index (χ4n) is 7.84. The van der Waals surface area contributed by atoms with Gasteiger partial charge in [-0.15, -0.1) is 0 Å². The third-order valence-electron chi connectivity index (χ3n) is 11.1. The van der Waals surface area contributed by atoms with Gasteiger partial charge >= 0.3 is 0 Å². The number of aryl methyl sites for hydroxylation is 1. The van der Waals surface area contributed by atoms with Gasteiger partial charge in [-0.3, -0.25) is 24.0 Å². The third-order valence-corrected chi connectivity index (χ3v) is 11.1. The summed E-state index contributed by atoms with van der Waals surface area (Å²) in [6.07, 6.45) is 0.983. The number of carbonyl (C=O) groups is 5.